The van der Waals surface area contributed by atoms with Crippen LogP contribution >= 0.6 is 0 Å². The van der Waals surface area contributed by atoms with Crippen molar-refractivity contribution in [3.05, 3.63) is 0 Å². The Morgan fingerprint density at radius 3 is 2.20 bits per heavy atom. The molecule has 1 fully saturated rings. The summed E-state index contributed by atoms with van der Waals surface area (Å²) in [7, 11) is 0. The van der Waals surface area contributed by atoms with Crippen molar-refractivity contribution in [1.82, 2.24) is 0 Å². The Bertz CT molecular complexity index is 194. The van der Waals surface area contributed by atoms with Gasteiger partial charge in [0.1, 0.15) is 12.2 Å². The maximum Gasteiger partial charge on any atom is 0.109 e. The quantitative estimate of drug-likeness (QED) is 0.483. The standard InChI is InChI=1S/C10H20O5/c1-5(2)15-7-3-6(4-11)8(12)10(14)9(7)13/h5-14H,3-4H2,1-2H3/t6-,7+,8+,9+,10+/m1/s1. The Morgan fingerprint density at radius 1 is 1.13 bits per heavy atom. The minimum absolute atomic E-state index is 0.0635. The summed E-state index contributed by atoms with van der Waals surface area (Å²) >= 11 is 0. The third-order valence-corrected chi connectivity index (χ3v) is 2.78. The summed E-state index contributed by atoms with van der Waals surface area (Å²) in [5.74, 6) is -0.438. The number of aliphatic hydroxyl groups excluding tert-OH is 4. The summed E-state index contributed by atoms with van der Waals surface area (Å²) in [6.45, 7) is 3.44. The molecule has 0 saturated heterocycles. The minimum atomic E-state index is -1.25. The normalized spacial score (nSPS) is 42.2. The summed E-state index contributed by atoms with van der Waals surface area (Å²) in [4.78, 5) is 0. The minimum Gasteiger partial charge on any atom is -0.396 e. The van der Waals surface area contributed by atoms with Crippen LogP contribution in [0.2, 0.25) is 0 Å². The van der Waals surface area contributed by atoms with Gasteiger partial charge in [-0.25, -0.2) is 0 Å². The van der Waals surface area contributed by atoms with Crippen LogP contribution in [0.3, 0.4) is 0 Å². The van der Waals surface area contributed by atoms with Crippen molar-refractivity contribution in [2.75, 3.05) is 6.61 Å². The van der Waals surface area contributed by atoms with Crippen molar-refractivity contribution >= 4 is 0 Å². The number of hydrogen-bond acceptors (Lipinski definition) is 5. The topological polar surface area (TPSA) is 90.2 Å². The van der Waals surface area contributed by atoms with Gasteiger partial charge in [-0.05, 0) is 20.3 Å². The fraction of sp³-hybridized carbons (Fsp3) is 1.00. The molecule has 1 aliphatic carbocycles. The third-order valence-electron chi connectivity index (χ3n) is 2.78. The fourth-order valence-electron chi connectivity index (χ4n) is 1.95. The first-order valence-corrected chi connectivity index (χ1v) is 5.28. The van der Waals surface area contributed by atoms with Crippen LogP contribution in [0.5, 0.6) is 0 Å². The second kappa shape index (κ2) is 5.23. The molecule has 0 amide bonds. The van der Waals surface area contributed by atoms with Gasteiger partial charge in [0.25, 0.3) is 0 Å². The first-order valence-electron chi connectivity index (χ1n) is 5.28. The Kier molecular flexibility index (Phi) is 4.48. The molecular weight excluding hydrogens is 200 g/mol. The molecule has 0 heterocycles. The summed E-state index contributed by atoms with van der Waals surface area (Å²) in [6, 6.07) is 0. The molecule has 4 N–H and O–H groups in total. The van der Waals surface area contributed by atoms with E-state index in [1.807, 2.05) is 13.8 Å². The average Bonchev–Trinajstić information content (AvgIpc) is 2.18. The molecule has 1 aliphatic rings. The van der Waals surface area contributed by atoms with E-state index in [0.29, 0.717) is 6.42 Å². The van der Waals surface area contributed by atoms with Crippen molar-refractivity contribution in [3.8, 4) is 0 Å². The van der Waals surface area contributed by atoms with E-state index in [1.165, 1.54) is 0 Å². The highest BCUT2D eigenvalue weighted by Gasteiger charge is 2.43. The molecule has 0 aromatic heterocycles. The molecule has 0 radical (unpaired) electrons. The largest absolute Gasteiger partial charge is 0.396 e. The molecule has 1 saturated carbocycles. The lowest BCUT2D eigenvalue weighted by molar-refractivity contribution is -0.186. The Balaban J connectivity index is 2.65. The molecule has 0 aromatic carbocycles. The fourth-order valence-corrected chi connectivity index (χ4v) is 1.95. The second-order valence-electron chi connectivity index (χ2n) is 4.37. The van der Waals surface area contributed by atoms with Gasteiger partial charge in [0, 0.05) is 12.5 Å². The van der Waals surface area contributed by atoms with Gasteiger partial charge < -0.3 is 25.2 Å². The van der Waals surface area contributed by atoms with Gasteiger partial charge in [-0.2, -0.15) is 0 Å². The predicted molar refractivity (Wildman–Crippen MR) is 53.2 cm³/mol. The van der Waals surface area contributed by atoms with Crippen LogP contribution in [0.1, 0.15) is 20.3 Å². The zero-order valence-corrected chi connectivity index (χ0v) is 9.08. The summed E-state index contributed by atoms with van der Waals surface area (Å²) in [6.07, 6.45) is -3.66. The lowest BCUT2D eigenvalue weighted by Gasteiger charge is -2.40. The van der Waals surface area contributed by atoms with E-state index in [1.54, 1.807) is 0 Å². The highest BCUT2D eigenvalue weighted by Crippen LogP contribution is 2.28. The van der Waals surface area contributed by atoms with Crippen LogP contribution in [0, 0.1) is 5.92 Å². The van der Waals surface area contributed by atoms with Crippen molar-refractivity contribution < 1.29 is 25.2 Å². The monoisotopic (exact) mass is 220 g/mol. The van der Waals surface area contributed by atoms with Crippen LogP contribution < -0.4 is 0 Å². The van der Waals surface area contributed by atoms with Crippen molar-refractivity contribution in [2.24, 2.45) is 5.92 Å². The number of hydrogen-bond donors (Lipinski definition) is 4. The lowest BCUT2D eigenvalue weighted by atomic mass is 9.81. The Morgan fingerprint density at radius 2 is 1.73 bits per heavy atom. The number of ether oxygens (including phenoxy) is 1. The molecule has 5 atom stereocenters. The molecule has 5 heteroatoms. The van der Waals surface area contributed by atoms with Gasteiger partial charge in [-0.3, -0.25) is 0 Å². The summed E-state index contributed by atoms with van der Waals surface area (Å²) in [5.41, 5.74) is 0. The molecule has 15 heavy (non-hydrogen) atoms. The van der Waals surface area contributed by atoms with Crippen molar-refractivity contribution in [1.29, 1.82) is 0 Å². The van der Waals surface area contributed by atoms with E-state index in [-0.39, 0.29) is 12.7 Å². The van der Waals surface area contributed by atoms with E-state index in [2.05, 4.69) is 0 Å². The van der Waals surface area contributed by atoms with Crippen LogP contribution in [-0.2, 0) is 4.74 Å². The first kappa shape index (κ1) is 12.9. The van der Waals surface area contributed by atoms with Crippen LogP contribution in [-0.4, -0.2) is 57.6 Å². The molecule has 0 aromatic rings. The van der Waals surface area contributed by atoms with Crippen LogP contribution in [0.15, 0.2) is 0 Å². The average molecular weight is 220 g/mol. The lowest BCUT2D eigenvalue weighted by Crippen LogP contribution is -2.55. The smallest absolute Gasteiger partial charge is 0.109 e. The molecule has 5 nitrogen and oxygen atoms in total. The molecule has 0 unspecified atom stereocenters. The van der Waals surface area contributed by atoms with Gasteiger partial charge in [0.05, 0.1) is 18.3 Å². The SMILES string of the molecule is CC(C)O[C@H]1C[C@H](CO)[C@H](O)[C@H](O)[C@H]1O. The molecular formula is C10H20O5. The van der Waals surface area contributed by atoms with Gasteiger partial charge in [0.15, 0.2) is 0 Å². The van der Waals surface area contributed by atoms with Crippen LogP contribution in [0.4, 0.5) is 0 Å². The van der Waals surface area contributed by atoms with Gasteiger partial charge in [-0.1, -0.05) is 0 Å². The maximum atomic E-state index is 9.65. The summed E-state index contributed by atoms with van der Waals surface area (Å²) in [5, 5.41) is 37.7. The molecule has 1 rings (SSSR count). The highest BCUT2D eigenvalue weighted by molar-refractivity contribution is 4.93. The second-order valence-corrected chi connectivity index (χ2v) is 4.37. The number of aliphatic hydroxyl groups is 4. The Hall–Kier alpha value is -0.200. The zero-order chi connectivity index (χ0) is 11.6. The van der Waals surface area contributed by atoms with Gasteiger partial charge in [0.2, 0.25) is 0 Å². The zero-order valence-electron chi connectivity index (χ0n) is 9.08. The van der Waals surface area contributed by atoms with E-state index < -0.39 is 30.3 Å². The third kappa shape index (κ3) is 2.89. The predicted octanol–water partition coefficient (Wildman–Crippen LogP) is -1.13. The van der Waals surface area contributed by atoms with Gasteiger partial charge in [-0.15, -0.1) is 0 Å². The summed E-state index contributed by atoms with van der Waals surface area (Å²) < 4.78 is 5.42. The number of rotatable bonds is 3. The maximum absolute atomic E-state index is 9.65. The first-order chi connectivity index (χ1) is 6.97. The molecule has 90 valence electrons. The molecule has 0 bridgehead atoms. The van der Waals surface area contributed by atoms with Crippen LogP contribution in [0.25, 0.3) is 0 Å². The highest BCUT2D eigenvalue weighted by atomic mass is 16.5. The molecule has 0 spiro atoms. The van der Waals surface area contributed by atoms with E-state index in [9.17, 15) is 15.3 Å². The van der Waals surface area contributed by atoms with E-state index >= 15 is 0 Å². The molecule has 0 aliphatic heterocycles. The van der Waals surface area contributed by atoms with E-state index in [4.69, 9.17) is 9.84 Å². The van der Waals surface area contributed by atoms with E-state index in [0.717, 1.165) is 0 Å². The van der Waals surface area contributed by atoms with Crippen molar-refractivity contribution in [3.63, 3.8) is 0 Å². The van der Waals surface area contributed by atoms with Crippen molar-refractivity contribution in [2.45, 2.75) is 50.8 Å². The Labute approximate surface area is 89.3 Å². The van der Waals surface area contributed by atoms with Gasteiger partial charge >= 0.3 is 0 Å².